The number of carbonyl (C=O) groups is 2. The van der Waals surface area contributed by atoms with Crippen molar-refractivity contribution in [3.63, 3.8) is 0 Å². The number of anilines is 1. The number of nitrogens with one attached hydrogen (secondary N) is 1. The molecule has 2 heterocycles. The smallest absolute Gasteiger partial charge is 0.243 e. The minimum Gasteiger partial charge on any atom is -0.355 e. The highest BCUT2D eigenvalue weighted by Crippen LogP contribution is 2.31. The number of piperidine rings is 1. The Bertz CT molecular complexity index is 900. The Hall–Kier alpha value is -1.97. The molecule has 1 N–H and O–H groups in total. The molecule has 0 bridgehead atoms. The highest BCUT2D eigenvalue weighted by atomic mass is 32.2. The molecule has 1 aromatic carbocycles. The van der Waals surface area contributed by atoms with E-state index in [1.54, 1.807) is 23.1 Å². The molecule has 2 amide bonds. The van der Waals surface area contributed by atoms with Crippen molar-refractivity contribution in [2.45, 2.75) is 37.5 Å². The first kappa shape index (κ1) is 22.7. The Balaban J connectivity index is 1.73. The molecular formula is C21H32N4O4S. The van der Waals surface area contributed by atoms with Crippen molar-refractivity contribution in [1.82, 2.24) is 14.5 Å². The average Bonchev–Trinajstić information content (AvgIpc) is 2.72. The van der Waals surface area contributed by atoms with Crippen LogP contribution in [-0.4, -0.2) is 76.3 Å². The van der Waals surface area contributed by atoms with Crippen molar-refractivity contribution in [1.29, 1.82) is 0 Å². The monoisotopic (exact) mass is 436 g/mol. The minimum absolute atomic E-state index is 0.0364. The van der Waals surface area contributed by atoms with Crippen LogP contribution in [0.3, 0.4) is 0 Å². The van der Waals surface area contributed by atoms with Gasteiger partial charge in [0.1, 0.15) is 0 Å². The van der Waals surface area contributed by atoms with Gasteiger partial charge in [0.05, 0.1) is 10.8 Å². The molecule has 0 unspecified atom stereocenters. The zero-order valence-corrected chi connectivity index (χ0v) is 18.9. The van der Waals surface area contributed by atoms with Gasteiger partial charge in [-0.2, -0.15) is 4.31 Å². The second-order valence-electron chi connectivity index (χ2n) is 8.36. The van der Waals surface area contributed by atoms with Gasteiger partial charge in [-0.25, -0.2) is 8.42 Å². The topological polar surface area (TPSA) is 90.0 Å². The van der Waals surface area contributed by atoms with Gasteiger partial charge in [-0.3, -0.25) is 9.59 Å². The van der Waals surface area contributed by atoms with Gasteiger partial charge in [0.25, 0.3) is 0 Å². The number of hydrogen-bond acceptors (Lipinski definition) is 5. The molecule has 1 atom stereocenters. The summed E-state index contributed by atoms with van der Waals surface area (Å²) in [5, 5.41) is 2.91. The molecular weight excluding hydrogens is 404 g/mol. The first-order chi connectivity index (χ1) is 14.2. The molecule has 0 radical (unpaired) electrons. The Morgan fingerprint density at radius 2 is 1.97 bits per heavy atom. The van der Waals surface area contributed by atoms with Crippen molar-refractivity contribution < 1.29 is 18.0 Å². The number of amides is 2. The van der Waals surface area contributed by atoms with Crippen LogP contribution in [0.15, 0.2) is 23.1 Å². The van der Waals surface area contributed by atoms with E-state index in [4.69, 9.17) is 0 Å². The van der Waals surface area contributed by atoms with Crippen LogP contribution in [0.5, 0.6) is 0 Å². The van der Waals surface area contributed by atoms with E-state index >= 15 is 0 Å². The maximum absolute atomic E-state index is 13.3. The minimum atomic E-state index is -3.69. The number of hydrogen-bond donors (Lipinski definition) is 1. The van der Waals surface area contributed by atoms with Crippen molar-refractivity contribution in [3.05, 3.63) is 23.8 Å². The van der Waals surface area contributed by atoms with Gasteiger partial charge in [-0.15, -0.1) is 0 Å². The fourth-order valence-corrected chi connectivity index (χ4v) is 5.71. The number of nitrogens with zero attached hydrogens (tertiary/aromatic N) is 3. The molecule has 3 rings (SSSR count). The number of carbonyl (C=O) groups excluding carboxylic acids is 2. The van der Waals surface area contributed by atoms with Crippen LogP contribution in [0.2, 0.25) is 0 Å². The molecule has 30 heavy (non-hydrogen) atoms. The van der Waals surface area contributed by atoms with Crippen LogP contribution in [0.4, 0.5) is 5.69 Å². The van der Waals surface area contributed by atoms with Gasteiger partial charge >= 0.3 is 0 Å². The van der Waals surface area contributed by atoms with Crippen LogP contribution < -0.4 is 10.2 Å². The molecule has 0 saturated carbocycles. The van der Waals surface area contributed by atoms with E-state index in [0.717, 1.165) is 30.6 Å². The zero-order chi connectivity index (χ0) is 21.9. The fourth-order valence-electron chi connectivity index (χ4n) is 4.13. The third-order valence-electron chi connectivity index (χ3n) is 5.80. The van der Waals surface area contributed by atoms with Crippen molar-refractivity contribution in [3.8, 4) is 0 Å². The lowest BCUT2D eigenvalue weighted by molar-refractivity contribution is -0.126. The third-order valence-corrected chi connectivity index (χ3v) is 7.66. The Labute approximate surface area is 179 Å². The van der Waals surface area contributed by atoms with Crippen molar-refractivity contribution in [2.24, 2.45) is 5.92 Å². The van der Waals surface area contributed by atoms with Crippen LogP contribution in [-0.2, 0) is 26.0 Å². The number of fused-ring (bicyclic) bond motifs is 1. The first-order valence-electron chi connectivity index (χ1n) is 10.5. The Kier molecular flexibility index (Phi) is 7.15. The van der Waals surface area contributed by atoms with E-state index in [-0.39, 0.29) is 29.2 Å². The first-order valence-corrected chi connectivity index (χ1v) is 12.0. The molecule has 0 aromatic heterocycles. The summed E-state index contributed by atoms with van der Waals surface area (Å²) in [5.41, 5.74) is 1.68. The molecule has 8 nitrogen and oxygen atoms in total. The lowest BCUT2D eigenvalue weighted by Gasteiger charge is -2.32. The highest BCUT2D eigenvalue weighted by molar-refractivity contribution is 7.89. The number of rotatable bonds is 6. The molecule has 2 aliphatic rings. The lowest BCUT2D eigenvalue weighted by Crippen LogP contribution is -2.46. The average molecular weight is 437 g/mol. The summed E-state index contributed by atoms with van der Waals surface area (Å²) >= 11 is 0. The van der Waals surface area contributed by atoms with E-state index in [9.17, 15) is 18.0 Å². The summed E-state index contributed by atoms with van der Waals surface area (Å²) in [6.45, 7) is 4.09. The molecule has 1 fully saturated rings. The fraction of sp³-hybridized carbons (Fsp3) is 0.619. The van der Waals surface area contributed by atoms with Gasteiger partial charge in [0, 0.05) is 45.3 Å². The Morgan fingerprint density at radius 1 is 1.20 bits per heavy atom. The SMILES string of the molecule is CC(=O)N1CCCc2cc(S(=O)(=O)N3CCC[C@H](C(=O)NCCN(C)C)C3)ccc21. The standard InChI is InChI=1S/C21H32N4O4S/c1-16(26)25-12-5-6-17-14-19(8-9-20(17)25)30(28,29)24-11-4-7-18(15-24)21(27)22-10-13-23(2)3/h8-9,14,18H,4-7,10-13,15H2,1-3H3,(H,22,27)/t18-/m0/s1. The van der Waals surface area contributed by atoms with Crippen LogP contribution in [0.1, 0.15) is 31.7 Å². The van der Waals surface area contributed by atoms with E-state index in [0.29, 0.717) is 32.5 Å². The van der Waals surface area contributed by atoms with Crippen LogP contribution >= 0.6 is 0 Å². The van der Waals surface area contributed by atoms with Gasteiger partial charge in [-0.05, 0) is 63.5 Å². The molecule has 2 aliphatic heterocycles. The van der Waals surface area contributed by atoms with Crippen molar-refractivity contribution in [2.75, 3.05) is 51.7 Å². The van der Waals surface area contributed by atoms with Gasteiger partial charge in [0.15, 0.2) is 0 Å². The largest absolute Gasteiger partial charge is 0.355 e. The third kappa shape index (κ3) is 5.01. The summed E-state index contributed by atoms with van der Waals surface area (Å²) in [7, 11) is 0.188. The van der Waals surface area contributed by atoms with Crippen molar-refractivity contribution >= 4 is 27.5 Å². The second kappa shape index (κ2) is 9.45. The van der Waals surface area contributed by atoms with Crippen LogP contribution in [0.25, 0.3) is 0 Å². The van der Waals surface area contributed by atoms with E-state index in [1.807, 2.05) is 19.0 Å². The highest BCUT2D eigenvalue weighted by Gasteiger charge is 2.34. The molecule has 1 aromatic rings. The summed E-state index contributed by atoms with van der Waals surface area (Å²) in [6, 6.07) is 5.01. The normalized spacial score (nSPS) is 20.1. The molecule has 9 heteroatoms. The predicted octanol–water partition coefficient (Wildman–Crippen LogP) is 1.06. The zero-order valence-electron chi connectivity index (χ0n) is 18.1. The van der Waals surface area contributed by atoms with E-state index < -0.39 is 10.0 Å². The Morgan fingerprint density at radius 3 is 2.67 bits per heavy atom. The van der Waals surface area contributed by atoms with Gasteiger partial charge < -0.3 is 15.1 Å². The molecule has 0 spiro atoms. The summed E-state index contributed by atoms with van der Waals surface area (Å²) in [6.07, 6.45) is 2.92. The maximum Gasteiger partial charge on any atom is 0.243 e. The van der Waals surface area contributed by atoms with E-state index in [1.165, 1.54) is 11.2 Å². The van der Waals surface area contributed by atoms with Gasteiger partial charge in [0.2, 0.25) is 21.8 Å². The molecule has 166 valence electrons. The molecule has 1 saturated heterocycles. The number of benzene rings is 1. The lowest BCUT2D eigenvalue weighted by atomic mass is 9.99. The maximum atomic E-state index is 13.3. The second-order valence-corrected chi connectivity index (χ2v) is 10.3. The van der Waals surface area contributed by atoms with Crippen LogP contribution in [0, 0.1) is 5.92 Å². The summed E-state index contributed by atoms with van der Waals surface area (Å²) in [4.78, 5) is 28.3. The number of likely N-dealkylation sites (N-methyl/N-ethyl adjacent to an activating group) is 1. The predicted molar refractivity (Wildman–Crippen MR) is 116 cm³/mol. The summed E-state index contributed by atoms with van der Waals surface area (Å²) < 4.78 is 28.0. The number of aryl methyl sites for hydroxylation is 1. The number of sulfonamides is 1. The summed E-state index contributed by atoms with van der Waals surface area (Å²) in [5.74, 6) is -0.452. The van der Waals surface area contributed by atoms with E-state index in [2.05, 4.69) is 5.32 Å². The quantitative estimate of drug-likeness (QED) is 0.720. The van der Waals surface area contributed by atoms with Gasteiger partial charge in [-0.1, -0.05) is 0 Å². The molecule has 0 aliphatic carbocycles.